The molecule has 3 rings (SSSR count). The summed E-state index contributed by atoms with van der Waals surface area (Å²) in [4.78, 5) is -0.937. The van der Waals surface area contributed by atoms with Gasteiger partial charge in [0.05, 0.1) is 5.25 Å². The van der Waals surface area contributed by atoms with Crippen LogP contribution in [0.1, 0.15) is 24.0 Å². The fraction of sp³-hybridized carbons (Fsp3) is 0.176. The van der Waals surface area contributed by atoms with Gasteiger partial charge in [-0.2, -0.15) is 16.8 Å². The summed E-state index contributed by atoms with van der Waals surface area (Å²) < 4.78 is 91.6. The summed E-state index contributed by atoms with van der Waals surface area (Å²) in [7, 11) is -12.8. The van der Waals surface area contributed by atoms with Gasteiger partial charge in [0.25, 0.3) is 20.2 Å². The van der Waals surface area contributed by atoms with Crippen molar-refractivity contribution in [1.82, 2.24) is 0 Å². The molecule has 1 aliphatic rings. The van der Waals surface area contributed by atoms with Crippen LogP contribution in [0.4, 0.5) is 5.69 Å². The van der Waals surface area contributed by atoms with E-state index < -0.39 is 40.4 Å². The van der Waals surface area contributed by atoms with Crippen molar-refractivity contribution in [3.05, 3.63) is 53.6 Å². The first-order valence-corrected chi connectivity index (χ1v) is 12.7. The second kappa shape index (κ2) is 9.09. The normalized spacial score (nSPS) is 15.0. The number of hydrogen-bond acceptors (Lipinski definition) is 6. The largest absolute Gasteiger partial charge is 1.00 e. The first-order chi connectivity index (χ1) is 13.4. The van der Waals surface area contributed by atoms with Gasteiger partial charge in [0, 0.05) is 5.69 Å². The predicted molar refractivity (Wildman–Crippen MR) is 107 cm³/mol. The molecule has 9 nitrogen and oxygen atoms in total. The molecule has 2 aromatic carbocycles. The molecule has 0 radical (unpaired) electrons. The van der Waals surface area contributed by atoms with Gasteiger partial charge >= 0.3 is 29.6 Å². The smallest absolute Gasteiger partial charge is 0.283 e. The van der Waals surface area contributed by atoms with Crippen molar-refractivity contribution >= 4 is 48.1 Å². The van der Waals surface area contributed by atoms with Crippen LogP contribution in [0.5, 0.6) is 0 Å². The fourth-order valence-electron chi connectivity index (χ4n) is 2.62. The fourth-order valence-corrected chi connectivity index (χ4v) is 5.39. The molecule has 0 aliphatic heterocycles. The number of anilines is 1. The van der Waals surface area contributed by atoms with Crippen molar-refractivity contribution < 1.29 is 63.9 Å². The van der Waals surface area contributed by atoms with E-state index in [0.29, 0.717) is 12.8 Å². The number of benzene rings is 2. The van der Waals surface area contributed by atoms with Crippen molar-refractivity contribution in [1.29, 1.82) is 0 Å². The minimum atomic E-state index is -4.71. The van der Waals surface area contributed by atoms with E-state index in [-0.39, 0.29) is 51.3 Å². The van der Waals surface area contributed by atoms with Crippen molar-refractivity contribution in [3.63, 3.8) is 0 Å². The van der Waals surface area contributed by atoms with Crippen LogP contribution in [-0.2, 0) is 30.3 Å². The third-order valence-electron chi connectivity index (χ3n) is 4.15. The van der Waals surface area contributed by atoms with Gasteiger partial charge in [-0.25, -0.2) is 8.42 Å². The number of rotatable bonds is 7. The van der Waals surface area contributed by atoms with Crippen LogP contribution in [-0.4, -0.2) is 39.6 Å². The number of sulfonamides is 1. The quantitative estimate of drug-likeness (QED) is 0.265. The predicted octanol–water partition coefficient (Wildman–Crippen LogP) is -0.741. The molecule has 1 fully saturated rings. The van der Waals surface area contributed by atoms with Crippen LogP contribution in [0, 0.1) is 0 Å². The zero-order valence-electron chi connectivity index (χ0n) is 15.8. The molecule has 0 aromatic heterocycles. The molecule has 1 saturated carbocycles. The van der Waals surface area contributed by atoms with E-state index in [9.17, 15) is 34.4 Å². The Morgan fingerprint density at radius 3 is 1.87 bits per heavy atom. The molecule has 0 unspecified atom stereocenters. The van der Waals surface area contributed by atoms with Crippen molar-refractivity contribution in [3.8, 4) is 0 Å². The van der Waals surface area contributed by atoms with Crippen molar-refractivity contribution in [2.24, 2.45) is 0 Å². The van der Waals surface area contributed by atoms with Crippen molar-refractivity contribution in [2.45, 2.75) is 27.9 Å². The first-order valence-electron chi connectivity index (χ1n) is 8.26. The SMILES string of the molecule is O=S(=O)(O)c1ccccc1/C=C/c1ccc(NS(=O)(=O)C2CC2)cc1S(=O)(=O)O.[Na+]. The van der Waals surface area contributed by atoms with Gasteiger partial charge in [-0.05, 0) is 42.2 Å². The Bertz CT molecular complexity index is 1300. The standard InChI is InChI=1S/C17H17NO8S3.Na/c19-27(20,15-9-10-15)18-14-8-7-13(17(11-14)29(24,25)26)6-5-12-3-1-2-4-16(12)28(21,22)23;/h1-8,11,15,18H,9-10H2,(H,21,22,23)(H,24,25,26);/q;+1/b6-5+;. The molecule has 156 valence electrons. The molecule has 3 N–H and O–H groups in total. The van der Waals surface area contributed by atoms with Crippen LogP contribution in [0.2, 0.25) is 0 Å². The average molecular weight is 483 g/mol. The number of nitrogens with one attached hydrogen (secondary N) is 1. The Morgan fingerprint density at radius 1 is 0.800 bits per heavy atom. The van der Waals surface area contributed by atoms with Gasteiger partial charge in [0.2, 0.25) is 10.0 Å². The summed E-state index contributed by atoms with van der Waals surface area (Å²) >= 11 is 0. The molecule has 30 heavy (non-hydrogen) atoms. The van der Waals surface area contributed by atoms with E-state index in [0.717, 1.165) is 6.07 Å². The maximum Gasteiger partial charge on any atom is 1.00 e. The third kappa shape index (κ3) is 6.14. The van der Waals surface area contributed by atoms with Gasteiger partial charge in [0.1, 0.15) is 9.79 Å². The Kier molecular flexibility index (Phi) is 7.58. The molecular formula is C17H17NNaO8S3+. The molecule has 13 heteroatoms. The van der Waals surface area contributed by atoms with Crippen LogP contribution >= 0.6 is 0 Å². The molecule has 2 aromatic rings. The Balaban J connectivity index is 0.00000320. The van der Waals surface area contributed by atoms with Gasteiger partial charge in [0.15, 0.2) is 0 Å². The average Bonchev–Trinajstić information content (AvgIpc) is 3.44. The Labute approximate surface area is 197 Å². The summed E-state index contributed by atoms with van der Waals surface area (Å²) in [5, 5.41) is -0.520. The second-order valence-corrected chi connectivity index (χ2v) is 11.2. The van der Waals surface area contributed by atoms with Crippen LogP contribution < -0.4 is 34.3 Å². The van der Waals surface area contributed by atoms with Gasteiger partial charge in [-0.3, -0.25) is 13.8 Å². The topological polar surface area (TPSA) is 155 Å². The summed E-state index contributed by atoms with van der Waals surface area (Å²) in [6, 6.07) is 9.06. The molecule has 0 heterocycles. The molecule has 0 amide bonds. The molecule has 0 bridgehead atoms. The van der Waals surface area contributed by atoms with E-state index in [1.807, 2.05) is 0 Å². The maximum absolute atomic E-state index is 12.0. The van der Waals surface area contributed by atoms with E-state index in [2.05, 4.69) is 4.72 Å². The zero-order valence-corrected chi connectivity index (χ0v) is 20.2. The Morgan fingerprint density at radius 2 is 1.33 bits per heavy atom. The minimum absolute atomic E-state index is 0. The zero-order chi connectivity index (χ0) is 21.4. The van der Waals surface area contributed by atoms with Gasteiger partial charge < -0.3 is 0 Å². The van der Waals surface area contributed by atoms with Gasteiger partial charge in [-0.15, -0.1) is 0 Å². The molecule has 0 spiro atoms. The van der Waals surface area contributed by atoms with E-state index in [4.69, 9.17) is 0 Å². The van der Waals surface area contributed by atoms with Crippen LogP contribution in [0.15, 0.2) is 52.3 Å². The summed E-state index contributed by atoms with van der Waals surface area (Å²) in [6.07, 6.45) is 3.52. The molecule has 1 aliphatic carbocycles. The van der Waals surface area contributed by atoms with Crippen LogP contribution in [0.25, 0.3) is 12.2 Å². The maximum atomic E-state index is 12.0. The summed E-state index contributed by atoms with van der Waals surface area (Å²) in [5.41, 5.74) is 0.0572. The monoisotopic (exact) mass is 482 g/mol. The first kappa shape index (κ1) is 25.0. The number of hydrogen-bond donors (Lipinski definition) is 3. The van der Waals surface area contributed by atoms with E-state index >= 15 is 0 Å². The summed E-state index contributed by atoms with van der Waals surface area (Å²) in [6.45, 7) is 0. The Hall–Kier alpha value is -1.25. The summed E-state index contributed by atoms with van der Waals surface area (Å²) in [5.74, 6) is 0. The second-order valence-electron chi connectivity index (χ2n) is 6.42. The van der Waals surface area contributed by atoms with Crippen molar-refractivity contribution in [2.75, 3.05) is 4.72 Å². The molecular weight excluding hydrogens is 465 g/mol. The van der Waals surface area contributed by atoms with E-state index in [1.54, 1.807) is 0 Å². The minimum Gasteiger partial charge on any atom is -0.283 e. The van der Waals surface area contributed by atoms with Gasteiger partial charge in [-0.1, -0.05) is 36.4 Å². The molecule has 0 atom stereocenters. The third-order valence-corrected chi connectivity index (χ3v) is 7.86. The van der Waals surface area contributed by atoms with Crippen LogP contribution in [0.3, 0.4) is 0 Å². The molecule has 0 saturated heterocycles. The van der Waals surface area contributed by atoms with E-state index in [1.165, 1.54) is 48.6 Å².